The lowest BCUT2D eigenvalue weighted by Gasteiger charge is -2.07. The van der Waals surface area contributed by atoms with Gasteiger partial charge in [0.2, 0.25) is 11.7 Å². The van der Waals surface area contributed by atoms with E-state index in [0.29, 0.717) is 17.1 Å². The number of anilines is 1. The van der Waals surface area contributed by atoms with Gasteiger partial charge in [0.15, 0.2) is 0 Å². The average molecular weight is 388 g/mol. The fourth-order valence-electron chi connectivity index (χ4n) is 2.68. The topological polar surface area (TPSA) is 116 Å². The predicted octanol–water partition coefficient (Wildman–Crippen LogP) is 2.30. The summed E-state index contributed by atoms with van der Waals surface area (Å²) in [6.45, 7) is 1.68. The average Bonchev–Trinajstić information content (AvgIpc) is 3.20. The molecule has 144 valence electrons. The molecule has 9 heteroatoms. The van der Waals surface area contributed by atoms with Gasteiger partial charge < -0.3 is 9.84 Å². The molecule has 29 heavy (non-hydrogen) atoms. The Balaban J connectivity index is 1.54. The maximum atomic E-state index is 12.3. The molecule has 0 fully saturated rings. The summed E-state index contributed by atoms with van der Waals surface area (Å²) in [5.74, 6) is 0.116. The number of aromatic nitrogens is 5. The lowest BCUT2D eigenvalue weighted by molar-refractivity contribution is -0.117. The molecule has 0 radical (unpaired) electrons. The molecule has 0 saturated carbocycles. The monoisotopic (exact) mass is 388 g/mol. The molecule has 1 N–H and O–H groups in total. The van der Waals surface area contributed by atoms with Crippen molar-refractivity contribution in [1.29, 1.82) is 0 Å². The van der Waals surface area contributed by atoms with E-state index in [9.17, 15) is 9.59 Å². The van der Waals surface area contributed by atoms with E-state index in [2.05, 4.69) is 25.5 Å². The van der Waals surface area contributed by atoms with Gasteiger partial charge in [0.25, 0.3) is 11.4 Å². The van der Waals surface area contributed by atoms with Gasteiger partial charge in [-0.15, -0.1) is 0 Å². The summed E-state index contributed by atoms with van der Waals surface area (Å²) in [6.07, 6.45) is 3.25. The number of hydrogen-bond donors (Lipinski definition) is 1. The highest BCUT2D eigenvalue weighted by Crippen LogP contribution is 2.19. The number of rotatable bonds is 5. The molecule has 0 unspecified atom stereocenters. The minimum atomic E-state index is -0.417. The minimum Gasteiger partial charge on any atom is -0.332 e. The molecular weight excluding hydrogens is 372 g/mol. The van der Waals surface area contributed by atoms with E-state index in [0.717, 1.165) is 10.2 Å². The summed E-state index contributed by atoms with van der Waals surface area (Å²) in [5, 5.41) is 10.8. The lowest BCUT2D eigenvalue weighted by atomic mass is 10.2. The first kappa shape index (κ1) is 18.2. The molecular formula is C20H16N6O3. The Morgan fingerprint density at radius 3 is 2.86 bits per heavy atom. The Bertz CT molecular complexity index is 1220. The molecule has 0 bridgehead atoms. The Morgan fingerprint density at radius 2 is 2.07 bits per heavy atom. The molecule has 0 saturated heterocycles. The van der Waals surface area contributed by atoms with Crippen LogP contribution in [0.25, 0.3) is 23.0 Å². The van der Waals surface area contributed by atoms with Crippen molar-refractivity contribution >= 4 is 11.6 Å². The molecule has 0 aliphatic heterocycles. The Kier molecular flexibility index (Phi) is 4.93. The number of hydrogen-bond acceptors (Lipinski definition) is 7. The van der Waals surface area contributed by atoms with Crippen molar-refractivity contribution in [3.63, 3.8) is 0 Å². The molecule has 3 heterocycles. The van der Waals surface area contributed by atoms with Crippen LogP contribution in [0.5, 0.6) is 0 Å². The van der Waals surface area contributed by atoms with E-state index in [1.807, 2.05) is 25.1 Å². The SMILES string of the molecule is Cc1cccc(NC(=O)Cn2nc(-c3nc(-c4cccnc4)no3)ccc2=O)c1. The fourth-order valence-corrected chi connectivity index (χ4v) is 2.68. The van der Waals surface area contributed by atoms with E-state index in [1.54, 1.807) is 30.6 Å². The van der Waals surface area contributed by atoms with Crippen molar-refractivity contribution in [1.82, 2.24) is 24.9 Å². The number of aryl methyl sites for hydroxylation is 1. The van der Waals surface area contributed by atoms with E-state index in [4.69, 9.17) is 4.52 Å². The summed E-state index contributed by atoms with van der Waals surface area (Å²) >= 11 is 0. The maximum absolute atomic E-state index is 12.3. The number of amides is 1. The van der Waals surface area contributed by atoms with Gasteiger partial charge in [-0.25, -0.2) is 4.68 Å². The van der Waals surface area contributed by atoms with Gasteiger partial charge in [0.05, 0.1) is 0 Å². The zero-order valence-corrected chi connectivity index (χ0v) is 15.4. The number of carbonyl (C=O) groups excluding carboxylic acids is 1. The summed E-state index contributed by atoms with van der Waals surface area (Å²) in [7, 11) is 0. The number of nitrogens with one attached hydrogen (secondary N) is 1. The van der Waals surface area contributed by atoms with Gasteiger partial charge in [0, 0.05) is 29.7 Å². The van der Waals surface area contributed by atoms with Gasteiger partial charge in [-0.3, -0.25) is 14.6 Å². The van der Waals surface area contributed by atoms with Gasteiger partial charge in [-0.1, -0.05) is 17.3 Å². The Labute approximate surface area is 165 Å². The summed E-state index contributed by atoms with van der Waals surface area (Å²) < 4.78 is 6.30. The number of carbonyl (C=O) groups is 1. The highest BCUT2D eigenvalue weighted by molar-refractivity contribution is 5.90. The van der Waals surface area contributed by atoms with Crippen molar-refractivity contribution in [2.75, 3.05) is 5.32 Å². The third kappa shape index (κ3) is 4.24. The second kappa shape index (κ2) is 7.85. The van der Waals surface area contributed by atoms with Gasteiger partial charge in [0.1, 0.15) is 12.2 Å². The zero-order valence-electron chi connectivity index (χ0n) is 15.4. The highest BCUT2D eigenvalue weighted by Gasteiger charge is 2.14. The van der Waals surface area contributed by atoms with Crippen LogP contribution < -0.4 is 10.9 Å². The molecule has 1 aromatic carbocycles. The zero-order chi connectivity index (χ0) is 20.2. The Hall–Kier alpha value is -4.14. The van der Waals surface area contributed by atoms with Crippen LogP contribution in [-0.2, 0) is 11.3 Å². The van der Waals surface area contributed by atoms with Crippen LogP contribution in [0.3, 0.4) is 0 Å². The van der Waals surface area contributed by atoms with Crippen molar-refractivity contribution in [2.45, 2.75) is 13.5 Å². The smallest absolute Gasteiger partial charge is 0.278 e. The van der Waals surface area contributed by atoms with Crippen molar-refractivity contribution in [3.8, 4) is 23.0 Å². The summed E-state index contributed by atoms with van der Waals surface area (Å²) in [5.41, 5.74) is 2.22. The van der Waals surface area contributed by atoms with Crippen LogP contribution in [0.4, 0.5) is 5.69 Å². The standard InChI is InChI=1S/C20H16N6O3/c1-13-4-2-6-15(10-13)22-17(27)12-26-18(28)8-7-16(24-26)20-23-19(25-29-20)14-5-3-9-21-11-14/h2-11H,12H2,1H3,(H,22,27). The first-order valence-electron chi connectivity index (χ1n) is 8.78. The van der Waals surface area contributed by atoms with Crippen LogP contribution in [0, 0.1) is 6.92 Å². The molecule has 9 nitrogen and oxygen atoms in total. The van der Waals surface area contributed by atoms with Crippen LogP contribution in [-0.4, -0.2) is 30.8 Å². The minimum absolute atomic E-state index is 0.136. The second-order valence-electron chi connectivity index (χ2n) is 6.30. The normalized spacial score (nSPS) is 10.7. The molecule has 0 spiro atoms. The number of benzene rings is 1. The molecule has 0 aliphatic rings. The highest BCUT2D eigenvalue weighted by atomic mass is 16.5. The van der Waals surface area contributed by atoms with E-state index in [-0.39, 0.29) is 24.0 Å². The lowest BCUT2D eigenvalue weighted by Crippen LogP contribution is -2.29. The summed E-state index contributed by atoms with van der Waals surface area (Å²) in [6, 6.07) is 13.7. The van der Waals surface area contributed by atoms with Gasteiger partial charge in [-0.05, 0) is 42.8 Å². The van der Waals surface area contributed by atoms with E-state index in [1.165, 1.54) is 12.1 Å². The largest absolute Gasteiger partial charge is 0.332 e. The van der Waals surface area contributed by atoms with Gasteiger partial charge in [-0.2, -0.15) is 10.1 Å². The fraction of sp³-hybridized carbons (Fsp3) is 0.100. The summed E-state index contributed by atoms with van der Waals surface area (Å²) in [4.78, 5) is 32.7. The van der Waals surface area contributed by atoms with E-state index < -0.39 is 5.56 Å². The first-order valence-corrected chi connectivity index (χ1v) is 8.78. The molecule has 1 amide bonds. The quantitative estimate of drug-likeness (QED) is 0.558. The van der Waals surface area contributed by atoms with Crippen LogP contribution >= 0.6 is 0 Å². The molecule has 4 rings (SSSR count). The third-order valence-electron chi connectivity index (χ3n) is 4.03. The van der Waals surface area contributed by atoms with E-state index >= 15 is 0 Å². The maximum Gasteiger partial charge on any atom is 0.278 e. The van der Waals surface area contributed by atoms with Crippen LogP contribution in [0.2, 0.25) is 0 Å². The number of nitrogens with zero attached hydrogens (tertiary/aromatic N) is 5. The van der Waals surface area contributed by atoms with Crippen LogP contribution in [0.15, 0.2) is 70.2 Å². The molecule has 0 aliphatic carbocycles. The van der Waals surface area contributed by atoms with Crippen molar-refractivity contribution in [2.24, 2.45) is 0 Å². The van der Waals surface area contributed by atoms with Crippen LogP contribution in [0.1, 0.15) is 5.56 Å². The van der Waals surface area contributed by atoms with Crippen molar-refractivity contribution < 1.29 is 9.32 Å². The molecule has 0 atom stereocenters. The number of pyridine rings is 1. The molecule has 3 aromatic heterocycles. The predicted molar refractivity (Wildman–Crippen MR) is 105 cm³/mol. The second-order valence-corrected chi connectivity index (χ2v) is 6.30. The van der Waals surface area contributed by atoms with Gasteiger partial charge >= 0.3 is 0 Å². The Morgan fingerprint density at radius 1 is 1.17 bits per heavy atom. The van der Waals surface area contributed by atoms with Crippen molar-refractivity contribution in [3.05, 3.63) is 76.8 Å². The third-order valence-corrected chi connectivity index (χ3v) is 4.03. The first-order chi connectivity index (χ1) is 14.1. The molecule has 4 aromatic rings.